The fraction of sp³-hybridized carbons (Fsp3) is 1.00. The van der Waals surface area contributed by atoms with Gasteiger partial charge in [0.05, 0.1) is 12.2 Å². The summed E-state index contributed by atoms with van der Waals surface area (Å²) in [5.74, 6) is 0.836. The Morgan fingerprint density at radius 3 is 2.57 bits per heavy atom. The van der Waals surface area contributed by atoms with Crippen LogP contribution in [0.25, 0.3) is 0 Å². The molecule has 0 aliphatic heterocycles. The lowest BCUT2D eigenvalue weighted by Gasteiger charge is -2.33. The Hall–Kier alpha value is -0.0400. The smallest absolute Gasteiger partial charge is 0.0606 e. The lowest BCUT2D eigenvalue weighted by Crippen LogP contribution is -2.30. The van der Waals surface area contributed by atoms with Gasteiger partial charge in [0.2, 0.25) is 0 Å². The number of rotatable bonds is 5. The van der Waals surface area contributed by atoms with E-state index in [1.807, 2.05) is 0 Å². The van der Waals surface area contributed by atoms with Gasteiger partial charge in [-0.15, -0.1) is 0 Å². The summed E-state index contributed by atoms with van der Waals surface area (Å²) in [5, 5.41) is 0. The van der Waals surface area contributed by atoms with Gasteiger partial charge < -0.3 is 4.74 Å². The molecule has 0 saturated heterocycles. The molecule has 0 amide bonds. The summed E-state index contributed by atoms with van der Waals surface area (Å²) in [5.41, 5.74) is 0. The van der Waals surface area contributed by atoms with Crippen LogP contribution >= 0.6 is 0 Å². The van der Waals surface area contributed by atoms with E-state index in [1.54, 1.807) is 0 Å². The molecule has 84 valence electrons. The predicted molar refractivity (Wildman–Crippen MR) is 61.5 cm³/mol. The van der Waals surface area contributed by atoms with Crippen molar-refractivity contribution >= 4 is 0 Å². The fourth-order valence-electron chi connectivity index (χ4n) is 2.59. The molecular formula is C13H26O. The van der Waals surface area contributed by atoms with E-state index in [2.05, 4.69) is 20.8 Å². The molecule has 0 aromatic rings. The number of hydrogen-bond acceptors (Lipinski definition) is 1. The monoisotopic (exact) mass is 198 g/mol. The lowest BCUT2D eigenvalue weighted by molar-refractivity contribution is -0.0560. The molecule has 1 saturated carbocycles. The van der Waals surface area contributed by atoms with E-state index in [0.717, 1.165) is 5.92 Å². The minimum absolute atomic E-state index is 0.470. The summed E-state index contributed by atoms with van der Waals surface area (Å²) < 4.78 is 6.14. The van der Waals surface area contributed by atoms with Crippen LogP contribution in [0, 0.1) is 5.92 Å². The molecule has 3 atom stereocenters. The van der Waals surface area contributed by atoms with Gasteiger partial charge in [0, 0.05) is 0 Å². The van der Waals surface area contributed by atoms with Crippen LogP contribution in [0.5, 0.6) is 0 Å². The molecule has 0 N–H and O–H groups in total. The zero-order valence-corrected chi connectivity index (χ0v) is 10.1. The first-order chi connectivity index (χ1) is 6.77. The highest BCUT2D eigenvalue weighted by Crippen LogP contribution is 2.30. The zero-order valence-electron chi connectivity index (χ0n) is 10.1. The van der Waals surface area contributed by atoms with Crippen molar-refractivity contribution in [3.63, 3.8) is 0 Å². The third kappa shape index (κ3) is 3.61. The van der Waals surface area contributed by atoms with E-state index in [0.29, 0.717) is 12.2 Å². The van der Waals surface area contributed by atoms with E-state index < -0.39 is 0 Å². The average Bonchev–Trinajstić information content (AvgIpc) is 2.19. The van der Waals surface area contributed by atoms with Crippen LogP contribution in [0.4, 0.5) is 0 Å². The molecule has 0 bridgehead atoms. The topological polar surface area (TPSA) is 9.23 Å². The van der Waals surface area contributed by atoms with Crippen LogP contribution < -0.4 is 0 Å². The molecule has 1 aliphatic rings. The number of ether oxygens (including phenoxy) is 1. The molecule has 0 spiro atoms. The van der Waals surface area contributed by atoms with Crippen molar-refractivity contribution in [2.45, 2.75) is 77.9 Å². The third-order valence-electron chi connectivity index (χ3n) is 3.47. The normalized spacial score (nSPS) is 30.2. The Labute approximate surface area is 89.2 Å². The highest BCUT2D eigenvalue weighted by atomic mass is 16.5. The molecule has 0 heterocycles. The third-order valence-corrected chi connectivity index (χ3v) is 3.47. The van der Waals surface area contributed by atoms with Gasteiger partial charge in [0.1, 0.15) is 0 Å². The highest BCUT2D eigenvalue weighted by molar-refractivity contribution is 4.75. The Balaban J connectivity index is 2.32. The lowest BCUT2D eigenvalue weighted by atomic mass is 9.84. The second kappa shape index (κ2) is 6.44. The number of hydrogen-bond donors (Lipinski definition) is 0. The Kier molecular flexibility index (Phi) is 5.54. The van der Waals surface area contributed by atoms with E-state index >= 15 is 0 Å². The predicted octanol–water partition coefficient (Wildman–Crippen LogP) is 4.16. The quantitative estimate of drug-likeness (QED) is 0.644. The zero-order chi connectivity index (χ0) is 10.4. The maximum absolute atomic E-state index is 6.14. The van der Waals surface area contributed by atoms with Gasteiger partial charge in [0.25, 0.3) is 0 Å². The van der Waals surface area contributed by atoms with Crippen molar-refractivity contribution in [1.82, 2.24) is 0 Å². The van der Waals surface area contributed by atoms with E-state index in [9.17, 15) is 0 Å². The summed E-state index contributed by atoms with van der Waals surface area (Å²) in [4.78, 5) is 0. The highest BCUT2D eigenvalue weighted by Gasteiger charge is 2.25. The molecule has 0 aromatic carbocycles. The van der Waals surface area contributed by atoms with Crippen molar-refractivity contribution in [3.05, 3.63) is 0 Å². The van der Waals surface area contributed by atoms with Crippen LogP contribution in [0.3, 0.4) is 0 Å². The van der Waals surface area contributed by atoms with Crippen LogP contribution in [-0.2, 0) is 4.74 Å². The summed E-state index contributed by atoms with van der Waals surface area (Å²) in [6.45, 7) is 6.76. The molecule has 0 radical (unpaired) electrons. The van der Waals surface area contributed by atoms with E-state index in [-0.39, 0.29) is 0 Å². The van der Waals surface area contributed by atoms with Gasteiger partial charge in [-0.1, -0.05) is 39.5 Å². The minimum atomic E-state index is 0.470. The van der Waals surface area contributed by atoms with Gasteiger partial charge in [0.15, 0.2) is 0 Å². The first-order valence-corrected chi connectivity index (χ1v) is 6.43. The maximum Gasteiger partial charge on any atom is 0.0606 e. The van der Waals surface area contributed by atoms with E-state index in [4.69, 9.17) is 4.74 Å². The summed E-state index contributed by atoms with van der Waals surface area (Å²) in [6.07, 6.45) is 10.3. The van der Waals surface area contributed by atoms with E-state index in [1.165, 1.54) is 44.9 Å². The standard InChI is InChI=1S/C13H26O/c1-4-8-11(3)14-13-10-7-6-9-12(13)5-2/h11-13H,4-10H2,1-3H3. The second-order valence-corrected chi connectivity index (χ2v) is 4.73. The minimum Gasteiger partial charge on any atom is -0.375 e. The van der Waals surface area contributed by atoms with Gasteiger partial charge in [-0.05, 0) is 32.1 Å². The molecule has 14 heavy (non-hydrogen) atoms. The first-order valence-electron chi connectivity index (χ1n) is 6.43. The molecule has 1 fully saturated rings. The molecule has 1 heteroatoms. The molecule has 3 unspecified atom stereocenters. The second-order valence-electron chi connectivity index (χ2n) is 4.73. The van der Waals surface area contributed by atoms with Crippen LogP contribution in [0.1, 0.15) is 65.7 Å². The van der Waals surface area contributed by atoms with Crippen molar-refractivity contribution in [3.8, 4) is 0 Å². The average molecular weight is 198 g/mol. The maximum atomic E-state index is 6.14. The van der Waals surface area contributed by atoms with Crippen molar-refractivity contribution in [1.29, 1.82) is 0 Å². The van der Waals surface area contributed by atoms with Crippen molar-refractivity contribution < 1.29 is 4.74 Å². The molecule has 1 aliphatic carbocycles. The van der Waals surface area contributed by atoms with Crippen molar-refractivity contribution in [2.24, 2.45) is 5.92 Å². The largest absolute Gasteiger partial charge is 0.375 e. The SMILES string of the molecule is CCCC(C)OC1CCCCC1CC. The Morgan fingerprint density at radius 1 is 1.21 bits per heavy atom. The first kappa shape index (κ1) is 12.0. The van der Waals surface area contributed by atoms with Gasteiger partial charge in [-0.25, -0.2) is 0 Å². The van der Waals surface area contributed by atoms with Crippen molar-refractivity contribution in [2.75, 3.05) is 0 Å². The van der Waals surface area contributed by atoms with Crippen LogP contribution in [0.15, 0.2) is 0 Å². The molecule has 1 nitrogen and oxygen atoms in total. The molecule has 0 aromatic heterocycles. The summed E-state index contributed by atoms with van der Waals surface area (Å²) in [7, 11) is 0. The Bertz CT molecular complexity index is 144. The summed E-state index contributed by atoms with van der Waals surface area (Å²) in [6, 6.07) is 0. The van der Waals surface area contributed by atoms with Gasteiger partial charge in [-0.2, -0.15) is 0 Å². The summed E-state index contributed by atoms with van der Waals surface area (Å²) >= 11 is 0. The molecular weight excluding hydrogens is 172 g/mol. The van der Waals surface area contributed by atoms with Crippen LogP contribution in [0.2, 0.25) is 0 Å². The molecule has 1 rings (SSSR count). The van der Waals surface area contributed by atoms with Gasteiger partial charge in [-0.3, -0.25) is 0 Å². The Morgan fingerprint density at radius 2 is 1.93 bits per heavy atom. The van der Waals surface area contributed by atoms with Crippen LogP contribution in [-0.4, -0.2) is 12.2 Å². The van der Waals surface area contributed by atoms with Gasteiger partial charge >= 0.3 is 0 Å². The fourth-order valence-corrected chi connectivity index (χ4v) is 2.59.